The number of piperidine rings is 1. The van der Waals surface area contributed by atoms with Crippen molar-refractivity contribution in [1.82, 2.24) is 4.90 Å². The van der Waals surface area contributed by atoms with E-state index in [9.17, 15) is 9.18 Å². The van der Waals surface area contributed by atoms with Gasteiger partial charge in [-0.2, -0.15) is 0 Å². The third-order valence-electron chi connectivity index (χ3n) is 4.26. The van der Waals surface area contributed by atoms with E-state index >= 15 is 0 Å². The maximum absolute atomic E-state index is 13.0. The molecule has 1 aromatic carbocycles. The summed E-state index contributed by atoms with van der Waals surface area (Å²) >= 11 is 0. The lowest BCUT2D eigenvalue weighted by molar-refractivity contribution is -0.135. The normalized spacial score (nSPS) is 25.9. The van der Waals surface area contributed by atoms with Crippen molar-refractivity contribution in [1.29, 1.82) is 0 Å². The van der Waals surface area contributed by atoms with Crippen LogP contribution < -0.4 is 0 Å². The molecule has 112 valence electrons. The molecule has 2 aliphatic rings. The molecule has 0 spiro atoms. The van der Waals surface area contributed by atoms with Crippen LogP contribution in [0.1, 0.15) is 31.4 Å². The van der Waals surface area contributed by atoms with Crippen LogP contribution in [0, 0.1) is 11.7 Å². The summed E-state index contributed by atoms with van der Waals surface area (Å²) in [5.74, 6) is 0.376. The molecule has 0 aromatic heterocycles. The number of carbonyl (C=O) groups is 1. The Kier molecular flexibility index (Phi) is 3.90. The lowest BCUT2D eigenvalue weighted by Crippen LogP contribution is -2.44. The van der Waals surface area contributed by atoms with Crippen LogP contribution in [0.4, 0.5) is 4.39 Å². The largest absolute Gasteiger partial charge is 0.473 e. The Balaban J connectivity index is 1.72. The molecule has 1 amide bonds. The van der Waals surface area contributed by atoms with Crippen molar-refractivity contribution < 1.29 is 13.9 Å². The molecule has 2 heterocycles. The maximum Gasteiger partial charge on any atom is 0.251 e. The number of amides is 1. The lowest BCUT2D eigenvalue weighted by Gasteiger charge is -2.32. The molecular weight excluding hydrogens is 271 g/mol. The molecule has 0 aliphatic carbocycles. The van der Waals surface area contributed by atoms with E-state index in [0.29, 0.717) is 5.92 Å². The van der Waals surface area contributed by atoms with Crippen molar-refractivity contribution in [2.45, 2.75) is 31.9 Å². The number of nitrogens with zero attached hydrogens (tertiary/aromatic N) is 2. The second kappa shape index (κ2) is 5.84. The van der Waals surface area contributed by atoms with Gasteiger partial charge in [-0.25, -0.2) is 9.38 Å². The van der Waals surface area contributed by atoms with Crippen molar-refractivity contribution >= 4 is 12.3 Å². The van der Waals surface area contributed by atoms with Gasteiger partial charge in [-0.1, -0.05) is 19.1 Å². The quantitative estimate of drug-likeness (QED) is 0.840. The lowest BCUT2D eigenvalue weighted by atomic mass is 9.97. The predicted molar refractivity (Wildman–Crippen MR) is 77.5 cm³/mol. The molecule has 4 nitrogen and oxygen atoms in total. The minimum atomic E-state index is -0.552. The number of ether oxygens (including phenoxy) is 1. The van der Waals surface area contributed by atoms with E-state index < -0.39 is 12.1 Å². The zero-order chi connectivity index (χ0) is 14.8. The van der Waals surface area contributed by atoms with Crippen molar-refractivity contribution in [3.05, 3.63) is 35.6 Å². The van der Waals surface area contributed by atoms with Crippen molar-refractivity contribution in [2.75, 3.05) is 13.1 Å². The Morgan fingerprint density at radius 3 is 2.62 bits per heavy atom. The van der Waals surface area contributed by atoms with Gasteiger partial charge in [-0.15, -0.1) is 0 Å². The fourth-order valence-corrected chi connectivity index (χ4v) is 2.84. The van der Waals surface area contributed by atoms with E-state index in [1.165, 1.54) is 18.5 Å². The van der Waals surface area contributed by atoms with Crippen LogP contribution in [-0.2, 0) is 9.53 Å². The van der Waals surface area contributed by atoms with Gasteiger partial charge in [0, 0.05) is 13.1 Å². The average molecular weight is 290 g/mol. The van der Waals surface area contributed by atoms with Gasteiger partial charge >= 0.3 is 0 Å². The van der Waals surface area contributed by atoms with Gasteiger partial charge in [0.1, 0.15) is 5.82 Å². The van der Waals surface area contributed by atoms with E-state index in [0.717, 1.165) is 31.5 Å². The highest BCUT2D eigenvalue weighted by atomic mass is 19.1. The summed E-state index contributed by atoms with van der Waals surface area (Å²) in [5, 5.41) is 0. The second-order valence-corrected chi connectivity index (χ2v) is 5.82. The predicted octanol–water partition coefficient (Wildman–Crippen LogP) is 2.55. The van der Waals surface area contributed by atoms with Crippen LogP contribution in [0.25, 0.3) is 0 Å². The number of hydrogen-bond donors (Lipinski definition) is 0. The monoisotopic (exact) mass is 290 g/mol. The number of likely N-dealkylation sites (tertiary alicyclic amines) is 1. The fourth-order valence-electron chi connectivity index (χ4n) is 2.84. The van der Waals surface area contributed by atoms with Gasteiger partial charge in [0.25, 0.3) is 5.91 Å². The first kappa shape index (κ1) is 14.0. The van der Waals surface area contributed by atoms with Crippen molar-refractivity contribution in [2.24, 2.45) is 10.9 Å². The van der Waals surface area contributed by atoms with Gasteiger partial charge in [-0.3, -0.25) is 4.79 Å². The number of aliphatic imine (C=N–C) groups is 1. The standard InChI is InChI=1S/C16H19FN2O2/c1-11-6-8-19(9-7-11)16(20)14-15(21-10-18-14)12-2-4-13(17)5-3-12/h2-5,10-11,14-15H,6-9H2,1H3. The van der Waals surface area contributed by atoms with Crippen LogP contribution in [0.5, 0.6) is 0 Å². The summed E-state index contributed by atoms with van der Waals surface area (Å²) in [6.07, 6.45) is 2.95. The SMILES string of the molecule is CC1CCN(C(=O)C2N=COC2c2ccc(F)cc2)CC1. The molecule has 3 rings (SSSR count). The second-order valence-electron chi connectivity index (χ2n) is 5.82. The highest BCUT2D eigenvalue weighted by molar-refractivity contribution is 5.85. The first-order chi connectivity index (χ1) is 10.1. The summed E-state index contributed by atoms with van der Waals surface area (Å²) in [4.78, 5) is 18.7. The van der Waals surface area contributed by atoms with E-state index in [-0.39, 0.29) is 11.7 Å². The Morgan fingerprint density at radius 1 is 1.29 bits per heavy atom. The number of benzene rings is 1. The van der Waals surface area contributed by atoms with Gasteiger partial charge in [-0.05, 0) is 36.5 Å². The summed E-state index contributed by atoms with van der Waals surface area (Å²) in [7, 11) is 0. The molecule has 1 fully saturated rings. The molecule has 0 N–H and O–H groups in total. The van der Waals surface area contributed by atoms with Crippen molar-refractivity contribution in [3.8, 4) is 0 Å². The summed E-state index contributed by atoms with van der Waals surface area (Å²) < 4.78 is 18.5. The Hall–Kier alpha value is -1.91. The third kappa shape index (κ3) is 2.91. The molecule has 0 saturated carbocycles. The number of carbonyl (C=O) groups excluding carboxylic acids is 1. The first-order valence-corrected chi connectivity index (χ1v) is 7.36. The van der Waals surface area contributed by atoms with Crippen LogP contribution in [0.15, 0.2) is 29.3 Å². The van der Waals surface area contributed by atoms with Crippen LogP contribution in [0.2, 0.25) is 0 Å². The molecule has 5 heteroatoms. The molecule has 21 heavy (non-hydrogen) atoms. The third-order valence-corrected chi connectivity index (χ3v) is 4.26. The van der Waals surface area contributed by atoms with E-state index in [4.69, 9.17) is 4.74 Å². The van der Waals surface area contributed by atoms with Gasteiger partial charge in [0.05, 0.1) is 0 Å². The molecule has 2 atom stereocenters. The zero-order valence-electron chi connectivity index (χ0n) is 12.0. The van der Waals surface area contributed by atoms with Gasteiger partial charge < -0.3 is 9.64 Å². The van der Waals surface area contributed by atoms with Crippen LogP contribution in [-0.4, -0.2) is 36.3 Å². The summed E-state index contributed by atoms with van der Waals surface area (Å²) in [6.45, 7) is 3.77. The van der Waals surface area contributed by atoms with Gasteiger partial charge in [0.2, 0.25) is 0 Å². The minimum Gasteiger partial charge on any atom is -0.473 e. The average Bonchev–Trinajstić information content (AvgIpc) is 2.97. The van der Waals surface area contributed by atoms with E-state index in [1.807, 2.05) is 4.90 Å². The number of rotatable bonds is 2. The summed E-state index contributed by atoms with van der Waals surface area (Å²) in [6, 6.07) is 5.49. The van der Waals surface area contributed by atoms with Crippen molar-refractivity contribution in [3.63, 3.8) is 0 Å². The Labute approximate surface area is 123 Å². The molecule has 1 aromatic rings. The minimum absolute atomic E-state index is 0.00461. The van der Waals surface area contributed by atoms with E-state index in [1.54, 1.807) is 12.1 Å². The van der Waals surface area contributed by atoms with Crippen LogP contribution in [0.3, 0.4) is 0 Å². The Bertz CT molecular complexity index is 536. The maximum atomic E-state index is 13.0. The number of halogens is 1. The highest BCUT2D eigenvalue weighted by Gasteiger charge is 2.37. The van der Waals surface area contributed by atoms with Crippen LogP contribution >= 0.6 is 0 Å². The smallest absolute Gasteiger partial charge is 0.251 e. The topological polar surface area (TPSA) is 41.9 Å². The zero-order valence-corrected chi connectivity index (χ0v) is 12.0. The molecule has 0 bridgehead atoms. The number of hydrogen-bond acceptors (Lipinski definition) is 3. The molecule has 1 saturated heterocycles. The molecular formula is C16H19FN2O2. The summed E-state index contributed by atoms with van der Waals surface area (Å²) in [5.41, 5.74) is 0.776. The Morgan fingerprint density at radius 2 is 1.95 bits per heavy atom. The fraction of sp³-hybridized carbons (Fsp3) is 0.500. The van der Waals surface area contributed by atoms with Gasteiger partial charge in [0.15, 0.2) is 18.5 Å². The first-order valence-electron chi connectivity index (χ1n) is 7.36. The molecule has 2 aliphatic heterocycles. The molecule has 0 radical (unpaired) electrons. The highest BCUT2D eigenvalue weighted by Crippen LogP contribution is 2.29. The molecule has 2 unspecified atom stereocenters. The van der Waals surface area contributed by atoms with E-state index in [2.05, 4.69) is 11.9 Å².